The molecule has 3 heteroatoms. The summed E-state index contributed by atoms with van der Waals surface area (Å²) in [5, 5.41) is 4.39. The minimum atomic E-state index is 0.921. The fourth-order valence-electron chi connectivity index (χ4n) is 2.80. The molecule has 16 heavy (non-hydrogen) atoms. The fraction of sp³-hybridized carbons (Fsp3) is 0.538. The van der Waals surface area contributed by atoms with Crippen LogP contribution in [0, 0.1) is 0 Å². The Morgan fingerprint density at radius 2 is 1.94 bits per heavy atom. The van der Waals surface area contributed by atoms with E-state index in [1.54, 1.807) is 0 Å². The zero-order valence-electron chi connectivity index (χ0n) is 9.43. The van der Waals surface area contributed by atoms with Gasteiger partial charge in [-0.2, -0.15) is 0 Å². The molecular weight excluding hydrogens is 220 g/mol. The smallest absolute Gasteiger partial charge is 0.0643 e. The summed E-state index contributed by atoms with van der Waals surface area (Å²) in [4.78, 5) is 2.45. The van der Waals surface area contributed by atoms with Gasteiger partial charge >= 0.3 is 0 Å². The van der Waals surface area contributed by atoms with Crippen molar-refractivity contribution in [1.82, 2.24) is 0 Å². The van der Waals surface area contributed by atoms with Crippen LogP contribution in [-0.2, 0) is 6.42 Å². The fourth-order valence-corrected chi connectivity index (χ4v) is 3.09. The minimum Gasteiger partial charge on any atom is -0.385 e. The lowest BCUT2D eigenvalue weighted by molar-refractivity contribution is 0.819. The van der Waals surface area contributed by atoms with Crippen LogP contribution in [-0.4, -0.2) is 19.6 Å². The van der Waals surface area contributed by atoms with E-state index in [-0.39, 0.29) is 0 Å². The number of benzene rings is 1. The third-order valence-corrected chi connectivity index (χ3v) is 3.88. The summed E-state index contributed by atoms with van der Waals surface area (Å²) in [5.74, 6) is 0. The zero-order valence-corrected chi connectivity index (χ0v) is 10.2. The van der Waals surface area contributed by atoms with Crippen LogP contribution in [0.4, 0.5) is 11.4 Å². The molecule has 1 fully saturated rings. The van der Waals surface area contributed by atoms with Crippen molar-refractivity contribution in [1.29, 1.82) is 0 Å². The molecule has 3 rings (SSSR count). The molecule has 0 amide bonds. The maximum atomic E-state index is 6.37. The van der Waals surface area contributed by atoms with Crippen molar-refractivity contribution >= 4 is 23.0 Å². The number of fused-ring (bicyclic) bond motifs is 1. The number of hydrogen-bond donors (Lipinski definition) is 1. The van der Waals surface area contributed by atoms with Gasteiger partial charge in [-0.3, -0.25) is 0 Å². The van der Waals surface area contributed by atoms with Crippen LogP contribution in [0.2, 0.25) is 5.02 Å². The second kappa shape index (κ2) is 4.17. The van der Waals surface area contributed by atoms with Gasteiger partial charge in [-0.1, -0.05) is 11.6 Å². The third-order valence-electron chi connectivity index (χ3n) is 3.57. The van der Waals surface area contributed by atoms with Gasteiger partial charge in [0.2, 0.25) is 0 Å². The van der Waals surface area contributed by atoms with Gasteiger partial charge < -0.3 is 10.2 Å². The van der Waals surface area contributed by atoms with Crippen LogP contribution in [0.5, 0.6) is 0 Å². The second-order valence-corrected chi connectivity index (χ2v) is 5.05. The molecule has 0 spiro atoms. The molecule has 0 unspecified atom stereocenters. The first-order chi connectivity index (χ1) is 7.86. The third kappa shape index (κ3) is 1.65. The summed E-state index contributed by atoms with van der Waals surface area (Å²) in [6.45, 7) is 3.42. The lowest BCUT2D eigenvalue weighted by Gasteiger charge is -2.27. The quantitative estimate of drug-likeness (QED) is 0.805. The highest BCUT2D eigenvalue weighted by Gasteiger charge is 2.22. The van der Waals surface area contributed by atoms with Crippen molar-refractivity contribution in [3.63, 3.8) is 0 Å². The molecule has 2 nitrogen and oxygen atoms in total. The molecule has 2 heterocycles. The molecule has 1 aromatic rings. The van der Waals surface area contributed by atoms with Gasteiger partial charge in [0.25, 0.3) is 0 Å². The van der Waals surface area contributed by atoms with Crippen LogP contribution in [0.15, 0.2) is 12.1 Å². The van der Waals surface area contributed by atoms with E-state index >= 15 is 0 Å². The standard InChI is InChI=1S/C13H17ClN2/c14-11-5-6-12-10(4-3-7-15-12)13(11)16-8-1-2-9-16/h5-6,15H,1-4,7-9H2. The Morgan fingerprint density at radius 3 is 2.75 bits per heavy atom. The Labute approximate surface area is 102 Å². The number of nitrogens with zero attached hydrogens (tertiary/aromatic N) is 1. The molecule has 0 aliphatic carbocycles. The average Bonchev–Trinajstić information content (AvgIpc) is 2.82. The first kappa shape index (κ1) is 10.3. The number of rotatable bonds is 1. The van der Waals surface area contributed by atoms with Gasteiger partial charge in [-0.15, -0.1) is 0 Å². The molecule has 0 radical (unpaired) electrons. The van der Waals surface area contributed by atoms with Crippen LogP contribution < -0.4 is 10.2 Å². The van der Waals surface area contributed by atoms with Crippen molar-refractivity contribution in [3.8, 4) is 0 Å². The van der Waals surface area contributed by atoms with E-state index < -0.39 is 0 Å². The summed E-state index contributed by atoms with van der Waals surface area (Å²) >= 11 is 6.37. The van der Waals surface area contributed by atoms with Gasteiger partial charge in [0, 0.05) is 30.9 Å². The molecule has 2 aliphatic rings. The molecular formula is C13H17ClN2. The Hall–Kier alpha value is -0.890. The number of halogens is 1. The van der Waals surface area contributed by atoms with Gasteiger partial charge in [0.15, 0.2) is 0 Å². The van der Waals surface area contributed by atoms with Crippen LogP contribution >= 0.6 is 11.6 Å². The molecule has 1 saturated heterocycles. The summed E-state index contributed by atoms with van der Waals surface area (Å²) in [7, 11) is 0. The van der Waals surface area contributed by atoms with Crippen molar-refractivity contribution in [2.45, 2.75) is 25.7 Å². The Balaban J connectivity index is 2.06. The lowest BCUT2D eigenvalue weighted by atomic mass is 10.0. The SMILES string of the molecule is Clc1ccc2c(c1N1CCCC1)CCCN2. The molecule has 0 atom stereocenters. The average molecular weight is 237 g/mol. The number of anilines is 2. The van der Waals surface area contributed by atoms with E-state index in [1.807, 2.05) is 6.07 Å². The van der Waals surface area contributed by atoms with Crippen LogP contribution in [0.25, 0.3) is 0 Å². The van der Waals surface area contributed by atoms with Crippen molar-refractivity contribution in [2.24, 2.45) is 0 Å². The molecule has 86 valence electrons. The lowest BCUT2D eigenvalue weighted by Crippen LogP contribution is -2.22. The van der Waals surface area contributed by atoms with Gasteiger partial charge in [-0.05, 0) is 37.8 Å². The number of hydrogen-bond acceptors (Lipinski definition) is 2. The monoisotopic (exact) mass is 236 g/mol. The molecule has 1 N–H and O–H groups in total. The summed E-state index contributed by atoms with van der Waals surface area (Å²) in [6, 6.07) is 4.16. The van der Waals surface area contributed by atoms with E-state index in [0.717, 1.165) is 31.1 Å². The van der Waals surface area contributed by atoms with Crippen LogP contribution in [0.3, 0.4) is 0 Å². The molecule has 1 aromatic carbocycles. The highest BCUT2D eigenvalue weighted by Crippen LogP contribution is 2.38. The van der Waals surface area contributed by atoms with Crippen molar-refractivity contribution in [2.75, 3.05) is 29.9 Å². The Bertz CT molecular complexity index is 397. The largest absolute Gasteiger partial charge is 0.385 e. The highest BCUT2D eigenvalue weighted by molar-refractivity contribution is 6.33. The van der Waals surface area contributed by atoms with Gasteiger partial charge in [-0.25, -0.2) is 0 Å². The van der Waals surface area contributed by atoms with Crippen molar-refractivity contribution in [3.05, 3.63) is 22.7 Å². The van der Waals surface area contributed by atoms with E-state index in [9.17, 15) is 0 Å². The van der Waals surface area contributed by atoms with Gasteiger partial charge in [0.1, 0.15) is 0 Å². The number of nitrogens with one attached hydrogen (secondary N) is 1. The van der Waals surface area contributed by atoms with Crippen LogP contribution in [0.1, 0.15) is 24.8 Å². The summed E-state index contributed by atoms with van der Waals surface area (Å²) in [6.07, 6.45) is 4.98. The van der Waals surface area contributed by atoms with E-state index in [1.165, 1.54) is 36.2 Å². The van der Waals surface area contributed by atoms with E-state index in [2.05, 4.69) is 16.3 Å². The van der Waals surface area contributed by atoms with Crippen molar-refractivity contribution < 1.29 is 0 Å². The minimum absolute atomic E-state index is 0.921. The molecule has 0 saturated carbocycles. The van der Waals surface area contributed by atoms with Gasteiger partial charge in [0.05, 0.1) is 10.7 Å². The van der Waals surface area contributed by atoms with E-state index in [0.29, 0.717) is 0 Å². The maximum Gasteiger partial charge on any atom is 0.0643 e. The highest BCUT2D eigenvalue weighted by atomic mass is 35.5. The predicted octanol–water partition coefficient (Wildman–Crippen LogP) is 3.30. The first-order valence-corrected chi connectivity index (χ1v) is 6.54. The first-order valence-electron chi connectivity index (χ1n) is 6.16. The Kier molecular flexibility index (Phi) is 2.68. The molecule has 0 bridgehead atoms. The maximum absolute atomic E-state index is 6.37. The Morgan fingerprint density at radius 1 is 1.12 bits per heavy atom. The predicted molar refractivity (Wildman–Crippen MR) is 69.7 cm³/mol. The molecule has 0 aromatic heterocycles. The zero-order chi connectivity index (χ0) is 11.0. The summed E-state index contributed by atoms with van der Waals surface area (Å²) < 4.78 is 0. The summed E-state index contributed by atoms with van der Waals surface area (Å²) in [5.41, 5.74) is 4.02. The normalized spacial score (nSPS) is 19.4. The topological polar surface area (TPSA) is 15.3 Å². The van der Waals surface area contributed by atoms with E-state index in [4.69, 9.17) is 11.6 Å². The second-order valence-electron chi connectivity index (χ2n) is 4.65. The molecule has 2 aliphatic heterocycles.